The number of hydrogen-bond acceptors (Lipinski definition) is 3. The Morgan fingerprint density at radius 2 is 2.06 bits per heavy atom. The Hall–Kier alpha value is -2.14. The van der Waals surface area contributed by atoms with Crippen molar-refractivity contribution in [3.63, 3.8) is 0 Å². The fourth-order valence-electron chi connectivity index (χ4n) is 1.69. The SMILES string of the molecule is Cc1c(C(N)C(=O)O)cnn1-c1ccccc1. The topological polar surface area (TPSA) is 81.1 Å². The van der Waals surface area contributed by atoms with Gasteiger partial charge in [-0.15, -0.1) is 0 Å². The number of aromatic nitrogens is 2. The van der Waals surface area contributed by atoms with Gasteiger partial charge in [-0.05, 0) is 19.1 Å². The number of carbonyl (C=O) groups is 1. The van der Waals surface area contributed by atoms with Crippen LogP contribution in [0.4, 0.5) is 0 Å². The maximum atomic E-state index is 10.8. The Morgan fingerprint density at radius 1 is 1.41 bits per heavy atom. The van der Waals surface area contributed by atoms with Crippen molar-refractivity contribution in [3.8, 4) is 5.69 Å². The fraction of sp³-hybridized carbons (Fsp3) is 0.167. The van der Waals surface area contributed by atoms with Crippen LogP contribution in [0.2, 0.25) is 0 Å². The van der Waals surface area contributed by atoms with Crippen LogP contribution in [-0.4, -0.2) is 20.9 Å². The third kappa shape index (κ3) is 2.05. The van der Waals surface area contributed by atoms with Crippen LogP contribution < -0.4 is 5.73 Å². The van der Waals surface area contributed by atoms with Gasteiger partial charge in [-0.25, -0.2) is 4.68 Å². The van der Waals surface area contributed by atoms with Crippen LogP contribution in [0.25, 0.3) is 5.69 Å². The van der Waals surface area contributed by atoms with E-state index in [2.05, 4.69) is 5.10 Å². The summed E-state index contributed by atoms with van der Waals surface area (Å²) in [6, 6.07) is 8.46. The molecule has 1 aromatic carbocycles. The number of hydrogen-bond donors (Lipinski definition) is 2. The largest absolute Gasteiger partial charge is 0.480 e. The summed E-state index contributed by atoms with van der Waals surface area (Å²) >= 11 is 0. The molecule has 0 fully saturated rings. The number of benzene rings is 1. The number of aliphatic carboxylic acids is 1. The highest BCUT2D eigenvalue weighted by molar-refractivity contribution is 5.75. The summed E-state index contributed by atoms with van der Waals surface area (Å²) in [5.74, 6) is -1.05. The highest BCUT2D eigenvalue weighted by atomic mass is 16.4. The first-order valence-electron chi connectivity index (χ1n) is 5.19. The van der Waals surface area contributed by atoms with Gasteiger partial charge in [0.1, 0.15) is 6.04 Å². The van der Waals surface area contributed by atoms with E-state index >= 15 is 0 Å². The molecule has 0 bridgehead atoms. The molecule has 0 aliphatic heterocycles. The average Bonchev–Trinajstić information content (AvgIpc) is 2.71. The van der Waals surface area contributed by atoms with Crippen LogP contribution >= 0.6 is 0 Å². The van der Waals surface area contributed by atoms with E-state index in [1.54, 1.807) is 11.6 Å². The zero-order valence-corrected chi connectivity index (χ0v) is 9.37. The fourth-order valence-corrected chi connectivity index (χ4v) is 1.69. The summed E-state index contributed by atoms with van der Waals surface area (Å²) in [5.41, 5.74) is 7.73. The van der Waals surface area contributed by atoms with E-state index in [1.165, 1.54) is 6.20 Å². The van der Waals surface area contributed by atoms with Gasteiger partial charge in [0.15, 0.2) is 0 Å². The van der Waals surface area contributed by atoms with Gasteiger partial charge < -0.3 is 10.8 Å². The lowest BCUT2D eigenvalue weighted by Gasteiger charge is -2.07. The van der Waals surface area contributed by atoms with E-state index < -0.39 is 12.0 Å². The molecule has 1 aromatic heterocycles. The van der Waals surface area contributed by atoms with Gasteiger partial charge in [0, 0.05) is 11.3 Å². The second kappa shape index (κ2) is 4.39. The van der Waals surface area contributed by atoms with Gasteiger partial charge >= 0.3 is 5.97 Å². The van der Waals surface area contributed by atoms with Crippen LogP contribution in [0.15, 0.2) is 36.5 Å². The molecule has 2 rings (SSSR count). The summed E-state index contributed by atoms with van der Waals surface area (Å²) in [6.07, 6.45) is 1.50. The zero-order valence-electron chi connectivity index (χ0n) is 9.37. The smallest absolute Gasteiger partial charge is 0.325 e. The standard InChI is InChI=1S/C12H13N3O2/c1-8-10(11(13)12(16)17)7-14-15(8)9-5-3-2-4-6-9/h2-7,11H,13H2,1H3,(H,16,17). The number of nitrogens with two attached hydrogens (primary N) is 1. The van der Waals surface area contributed by atoms with Crippen molar-refractivity contribution in [1.29, 1.82) is 0 Å². The first kappa shape index (κ1) is 11.3. The van der Waals surface area contributed by atoms with Crippen molar-refractivity contribution >= 4 is 5.97 Å². The molecule has 1 atom stereocenters. The van der Waals surface area contributed by atoms with Crippen molar-refractivity contribution in [1.82, 2.24) is 9.78 Å². The molecule has 0 aliphatic rings. The quantitative estimate of drug-likeness (QED) is 0.833. The molecular weight excluding hydrogens is 218 g/mol. The second-order valence-electron chi connectivity index (χ2n) is 3.75. The van der Waals surface area contributed by atoms with E-state index in [0.717, 1.165) is 11.4 Å². The minimum absolute atomic E-state index is 0.529. The van der Waals surface area contributed by atoms with Gasteiger partial charge in [-0.3, -0.25) is 4.79 Å². The number of para-hydroxylation sites is 1. The van der Waals surface area contributed by atoms with Gasteiger partial charge in [0.05, 0.1) is 11.9 Å². The minimum Gasteiger partial charge on any atom is -0.480 e. The van der Waals surface area contributed by atoms with E-state index in [0.29, 0.717) is 5.56 Å². The highest BCUT2D eigenvalue weighted by Crippen LogP contribution is 2.18. The summed E-state index contributed by atoms with van der Waals surface area (Å²) in [4.78, 5) is 10.8. The van der Waals surface area contributed by atoms with Crippen molar-refractivity contribution < 1.29 is 9.90 Å². The third-order valence-corrected chi connectivity index (χ3v) is 2.65. The predicted molar refractivity (Wildman–Crippen MR) is 62.9 cm³/mol. The first-order chi connectivity index (χ1) is 8.11. The molecule has 5 heteroatoms. The van der Waals surface area contributed by atoms with Crippen molar-refractivity contribution in [3.05, 3.63) is 47.8 Å². The van der Waals surface area contributed by atoms with Crippen molar-refractivity contribution in [2.45, 2.75) is 13.0 Å². The zero-order chi connectivity index (χ0) is 12.4. The number of rotatable bonds is 3. The van der Waals surface area contributed by atoms with Crippen molar-refractivity contribution in [2.24, 2.45) is 5.73 Å². The number of carboxylic acids is 1. The Balaban J connectivity index is 2.43. The molecular formula is C12H13N3O2. The van der Waals surface area contributed by atoms with Gasteiger partial charge in [0.2, 0.25) is 0 Å². The molecule has 0 saturated carbocycles. The molecule has 1 heterocycles. The molecule has 5 nitrogen and oxygen atoms in total. The molecule has 0 spiro atoms. The van der Waals surface area contributed by atoms with Gasteiger partial charge in [0.25, 0.3) is 0 Å². The lowest BCUT2D eigenvalue weighted by Crippen LogP contribution is -2.21. The van der Waals surface area contributed by atoms with Crippen LogP contribution in [0.5, 0.6) is 0 Å². The molecule has 17 heavy (non-hydrogen) atoms. The maximum Gasteiger partial charge on any atom is 0.325 e. The summed E-state index contributed by atoms with van der Waals surface area (Å²) < 4.78 is 1.68. The van der Waals surface area contributed by atoms with Gasteiger partial charge in [-0.1, -0.05) is 18.2 Å². The average molecular weight is 231 g/mol. The van der Waals surface area contributed by atoms with Crippen LogP contribution in [-0.2, 0) is 4.79 Å². The molecule has 2 aromatic rings. The van der Waals surface area contributed by atoms with Crippen LogP contribution in [0.3, 0.4) is 0 Å². The van der Waals surface area contributed by atoms with E-state index in [4.69, 9.17) is 10.8 Å². The third-order valence-electron chi connectivity index (χ3n) is 2.65. The number of nitrogens with zero attached hydrogens (tertiary/aromatic N) is 2. The summed E-state index contributed by atoms with van der Waals surface area (Å²) in [5, 5.41) is 13.0. The summed E-state index contributed by atoms with van der Waals surface area (Å²) in [6.45, 7) is 1.80. The monoisotopic (exact) mass is 231 g/mol. The molecule has 3 N–H and O–H groups in total. The maximum absolute atomic E-state index is 10.8. The van der Waals surface area contributed by atoms with E-state index in [1.807, 2.05) is 30.3 Å². The summed E-state index contributed by atoms with van der Waals surface area (Å²) in [7, 11) is 0. The highest BCUT2D eigenvalue weighted by Gasteiger charge is 2.20. The normalized spacial score (nSPS) is 12.4. The predicted octanol–water partition coefficient (Wildman–Crippen LogP) is 1.27. The second-order valence-corrected chi connectivity index (χ2v) is 3.75. The Bertz CT molecular complexity index is 534. The lowest BCUT2D eigenvalue weighted by atomic mass is 10.1. The Kier molecular flexibility index (Phi) is 2.93. The Labute approximate surface area is 98.5 Å². The molecule has 0 aliphatic carbocycles. The molecule has 88 valence electrons. The Morgan fingerprint density at radius 3 is 2.65 bits per heavy atom. The first-order valence-corrected chi connectivity index (χ1v) is 5.19. The molecule has 0 radical (unpaired) electrons. The molecule has 0 amide bonds. The van der Waals surface area contributed by atoms with E-state index in [9.17, 15) is 4.79 Å². The van der Waals surface area contributed by atoms with Crippen LogP contribution in [0, 0.1) is 6.92 Å². The van der Waals surface area contributed by atoms with E-state index in [-0.39, 0.29) is 0 Å². The van der Waals surface area contributed by atoms with Gasteiger partial charge in [-0.2, -0.15) is 5.10 Å². The minimum atomic E-state index is -1.05. The van der Waals surface area contributed by atoms with Crippen LogP contribution in [0.1, 0.15) is 17.3 Å². The van der Waals surface area contributed by atoms with Crippen molar-refractivity contribution in [2.75, 3.05) is 0 Å². The number of carboxylic acid groups (broad SMARTS) is 1. The molecule has 1 unspecified atom stereocenters. The molecule has 0 saturated heterocycles. The lowest BCUT2D eigenvalue weighted by molar-refractivity contribution is -0.138.